The molecule has 1 atom stereocenters. The van der Waals surface area contributed by atoms with Crippen molar-refractivity contribution in [3.63, 3.8) is 0 Å². The van der Waals surface area contributed by atoms with Crippen LogP contribution in [0.5, 0.6) is 0 Å². The molecule has 0 radical (unpaired) electrons. The predicted molar refractivity (Wildman–Crippen MR) is 99.6 cm³/mol. The number of anilines is 1. The second-order valence-electron chi connectivity index (χ2n) is 6.24. The molecule has 2 aromatic rings. The molecule has 0 bridgehead atoms. The first kappa shape index (κ1) is 18.4. The zero-order chi connectivity index (χ0) is 19.1. The lowest BCUT2D eigenvalue weighted by molar-refractivity contribution is -0.127. The first-order valence-electron chi connectivity index (χ1n) is 8.75. The Morgan fingerprint density at radius 3 is 2.52 bits per heavy atom. The first-order chi connectivity index (χ1) is 13.1. The Morgan fingerprint density at radius 1 is 1.00 bits per heavy atom. The minimum Gasteiger partial charge on any atom is -0.324 e. The molecule has 2 heterocycles. The Morgan fingerprint density at radius 2 is 1.78 bits per heavy atom. The van der Waals surface area contributed by atoms with Gasteiger partial charge in [-0.05, 0) is 37.1 Å². The summed E-state index contributed by atoms with van der Waals surface area (Å²) in [5.41, 5.74) is 5.70. The molecular weight excluding hydrogens is 346 g/mol. The van der Waals surface area contributed by atoms with Gasteiger partial charge in [0.15, 0.2) is 0 Å². The van der Waals surface area contributed by atoms with Crippen LogP contribution in [-0.4, -0.2) is 40.8 Å². The van der Waals surface area contributed by atoms with Crippen molar-refractivity contribution in [2.45, 2.75) is 12.8 Å². The Hall–Kier alpha value is -3.42. The number of likely N-dealkylation sites (tertiary alicyclic amines) is 1. The zero-order valence-corrected chi connectivity index (χ0v) is 14.7. The van der Waals surface area contributed by atoms with Crippen LogP contribution in [-0.2, 0) is 4.79 Å². The van der Waals surface area contributed by atoms with Crippen molar-refractivity contribution >= 4 is 23.5 Å². The summed E-state index contributed by atoms with van der Waals surface area (Å²) in [4.78, 5) is 42.2. The molecule has 1 aliphatic heterocycles. The number of urea groups is 1. The smallest absolute Gasteiger partial charge is 0.321 e. The maximum Gasteiger partial charge on any atom is 0.321 e. The van der Waals surface area contributed by atoms with Gasteiger partial charge in [-0.25, -0.2) is 4.79 Å². The Kier molecular flexibility index (Phi) is 5.98. The molecule has 0 aliphatic carbocycles. The lowest BCUT2D eigenvalue weighted by atomic mass is 9.98. The molecule has 8 nitrogen and oxygen atoms in total. The van der Waals surface area contributed by atoms with E-state index >= 15 is 0 Å². The summed E-state index contributed by atoms with van der Waals surface area (Å²) in [7, 11) is 0. The molecule has 27 heavy (non-hydrogen) atoms. The number of piperidine rings is 1. The summed E-state index contributed by atoms with van der Waals surface area (Å²) in [5, 5.41) is 2.82. The maximum absolute atomic E-state index is 12.4. The SMILES string of the molecule is O=C(NNC(=O)[C@H]1CCCN(C(=O)Nc2ccccc2)C1)c1ccccn1. The number of para-hydroxylation sites is 1. The molecule has 1 aromatic carbocycles. The second-order valence-corrected chi connectivity index (χ2v) is 6.24. The number of carbonyl (C=O) groups excluding carboxylic acids is 3. The average molecular weight is 367 g/mol. The van der Waals surface area contributed by atoms with Gasteiger partial charge in [0.25, 0.3) is 5.91 Å². The highest BCUT2D eigenvalue weighted by molar-refractivity contribution is 5.94. The quantitative estimate of drug-likeness (QED) is 0.720. The Bertz CT molecular complexity index is 798. The van der Waals surface area contributed by atoms with Gasteiger partial charge in [-0.15, -0.1) is 0 Å². The van der Waals surface area contributed by atoms with E-state index in [1.165, 1.54) is 6.20 Å². The predicted octanol–water partition coefficient (Wildman–Crippen LogP) is 1.79. The molecule has 4 amide bonds. The van der Waals surface area contributed by atoms with Crippen LogP contribution in [0.3, 0.4) is 0 Å². The second kappa shape index (κ2) is 8.79. The van der Waals surface area contributed by atoms with Crippen LogP contribution >= 0.6 is 0 Å². The minimum absolute atomic E-state index is 0.213. The number of carbonyl (C=O) groups is 3. The summed E-state index contributed by atoms with van der Waals surface area (Å²) < 4.78 is 0. The highest BCUT2D eigenvalue weighted by atomic mass is 16.2. The lowest BCUT2D eigenvalue weighted by Gasteiger charge is -2.32. The van der Waals surface area contributed by atoms with Gasteiger partial charge < -0.3 is 10.2 Å². The van der Waals surface area contributed by atoms with E-state index in [1.807, 2.05) is 18.2 Å². The number of hydrazine groups is 1. The Balaban J connectivity index is 1.50. The number of hydrogen-bond donors (Lipinski definition) is 3. The van der Waals surface area contributed by atoms with E-state index in [-0.39, 0.29) is 23.6 Å². The topological polar surface area (TPSA) is 103 Å². The number of rotatable bonds is 3. The van der Waals surface area contributed by atoms with E-state index in [2.05, 4.69) is 21.2 Å². The molecule has 1 saturated heterocycles. The number of nitrogens with one attached hydrogen (secondary N) is 3. The fraction of sp³-hybridized carbons (Fsp3) is 0.263. The third-order valence-electron chi connectivity index (χ3n) is 4.30. The van der Waals surface area contributed by atoms with Crippen molar-refractivity contribution in [3.05, 3.63) is 60.4 Å². The van der Waals surface area contributed by atoms with Gasteiger partial charge in [-0.1, -0.05) is 24.3 Å². The van der Waals surface area contributed by atoms with Crippen molar-refractivity contribution in [1.29, 1.82) is 0 Å². The summed E-state index contributed by atoms with van der Waals surface area (Å²) in [5.74, 6) is -1.20. The molecule has 8 heteroatoms. The largest absolute Gasteiger partial charge is 0.324 e. The van der Waals surface area contributed by atoms with Gasteiger partial charge in [-0.2, -0.15) is 0 Å². The molecule has 0 unspecified atom stereocenters. The van der Waals surface area contributed by atoms with Crippen molar-refractivity contribution in [3.8, 4) is 0 Å². The molecule has 1 aliphatic rings. The summed E-state index contributed by atoms with van der Waals surface area (Å²) in [6.45, 7) is 0.882. The van der Waals surface area contributed by atoms with Crippen LogP contribution in [0.25, 0.3) is 0 Å². The van der Waals surface area contributed by atoms with Gasteiger partial charge in [0.2, 0.25) is 5.91 Å². The molecule has 0 spiro atoms. The van der Waals surface area contributed by atoms with E-state index in [0.717, 1.165) is 0 Å². The van der Waals surface area contributed by atoms with Crippen molar-refractivity contribution in [2.75, 3.05) is 18.4 Å². The summed E-state index contributed by atoms with van der Waals surface area (Å²) >= 11 is 0. The molecule has 0 saturated carbocycles. The van der Waals surface area contributed by atoms with Crippen molar-refractivity contribution in [1.82, 2.24) is 20.7 Å². The highest BCUT2D eigenvalue weighted by Gasteiger charge is 2.28. The Labute approximate surface area is 156 Å². The number of benzene rings is 1. The van der Waals surface area contributed by atoms with Gasteiger partial charge in [0.05, 0.1) is 5.92 Å². The average Bonchev–Trinajstić information content (AvgIpc) is 2.73. The first-order valence-corrected chi connectivity index (χ1v) is 8.75. The molecular formula is C19H21N5O3. The van der Waals surface area contributed by atoms with E-state index in [1.54, 1.807) is 35.2 Å². The van der Waals surface area contributed by atoms with Crippen LogP contribution in [0, 0.1) is 5.92 Å². The summed E-state index contributed by atoms with van der Waals surface area (Å²) in [6.07, 6.45) is 2.87. The minimum atomic E-state index is -0.488. The van der Waals surface area contributed by atoms with Crippen LogP contribution in [0.15, 0.2) is 54.7 Å². The molecule has 140 valence electrons. The van der Waals surface area contributed by atoms with Crippen LogP contribution in [0.2, 0.25) is 0 Å². The van der Waals surface area contributed by atoms with Gasteiger partial charge >= 0.3 is 6.03 Å². The lowest BCUT2D eigenvalue weighted by Crippen LogP contribution is -2.50. The summed E-state index contributed by atoms with van der Waals surface area (Å²) in [6, 6.07) is 13.9. The molecule has 1 aromatic heterocycles. The third kappa shape index (κ3) is 5.04. The fourth-order valence-electron chi connectivity index (χ4n) is 2.88. The van der Waals surface area contributed by atoms with Crippen LogP contribution < -0.4 is 16.2 Å². The van der Waals surface area contributed by atoms with E-state index in [9.17, 15) is 14.4 Å². The normalized spacial score (nSPS) is 16.3. The monoisotopic (exact) mass is 367 g/mol. The van der Waals surface area contributed by atoms with E-state index in [4.69, 9.17) is 0 Å². The zero-order valence-electron chi connectivity index (χ0n) is 14.7. The van der Waals surface area contributed by atoms with Crippen LogP contribution in [0.4, 0.5) is 10.5 Å². The highest BCUT2D eigenvalue weighted by Crippen LogP contribution is 2.18. The van der Waals surface area contributed by atoms with Crippen molar-refractivity contribution in [2.24, 2.45) is 5.92 Å². The fourth-order valence-corrected chi connectivity index (χ4v) is 2.88. The number of hydrogen-bond acceptors (Lipinski definition) is 4. The van der Waals surface area contributed by atoms with Crippen LogP contribution in [0.1, 0.15) is 23.3 Å². The van der Waals surface area contributed by atoms with E-state index in [0.29, 0.717) is 31.6 Å². The van der Waals surface area contributed by atoms with Gasteiger partial charge in [0, 0.05) is 25.0 Å². The number of amides is 4. The maximum atomic E-state index is 12.4. The van der Waals surface area contributed by atoms with Crippen molar-refractivity contribution < 1.29 is 14.4 Å². The van der Waals surface area contributed by atoms with Gasteiger partial charge in [0.1, 0.15) is 5.69 Å². The van der Waals surface area contributed by atoms with Gasteiger partial charge in [-0.3, -0.25) is 25.4 Å². The molecule has 3 N–H and O–H groups in total. The number of nitrogens with zero attached hydrogens (tertiary/aromatic N) is 2. The molecule has 3 rings (SSSR count). The molecule has 1 fully saturated rings. The van der Waals surface area contributed by atoms with E-state index < -0.39 is 5.91 Å². The number of pyridine rings is 1. The third-order valence-corrected chi connectivity index (χ3v) is 4.30. The number of aromatic nitrogens is 1. The standard InChI is InChI=1S/C19H21N5O3/c25-17(22-23-18(26)16-10-4-5-11-20-16)14-7-6-12-24(13-14)19(27)21-15-8-2-1-3-9-15/h1-5,8-11,14H,6-7,12-13H2,(H,21,27)(H,22,25)(H,23,26)/t14-/m0/s1.